The summed E-state index contributed by atoms with van der Waals surface area (Å²) in [5, 5.41) is 2.68. The van der Waals surface area contributed by atoms with E-state index in [1.807, 2.05) is 6.92 Å². The van der Waals surface area contributed by atoms with Crippen LogP contribution in [0.2, 0.25) is 0 Å². The molecule has 0 atom stereocenters. The second kappa shape index (κ2) is 9.92. The standard InChI is InChI=1S/C21H22F3NO3/c1-2-28-18-9-5-16(6-10-18)19(26)11-12-20(27)25-14-13-15-3-7-17(8-4-15)21(22,23)24/h3-10H,2,11-14H2,1H3,(H,25,27). The second-order valence-electron chi connectivity index (χ2n) is 6.18. The number of hydrogen-bond donors (Lipinski definition) is 1. The Morgan fingerprint density at radius 2 is 1.61 bits per heavy atom. The monoisotopic (exact) mass is 393 g/mol. The summed E-state index contributed by atoms with van der Waals surface area (Å²) >= 11 is 0. The number of rotatable bonds is 9. The molecule has 0 aliphatic carbocycles. The number of alkyl halides is 3. The van der Waals surface area contributed by atoms with Crippen LogP contribution in [0.1, 0.15) is 41.3 Å². The van der Waals surface area contributed by atoms with Crippen LogP contribution in [0.4, 0.5) is 13.2 Å². The van der Waals surface area contributed by atoms with Gasteiger partial charge in [-0.05, 0) is 55.3 Å². The zero-order chi connectivity index (χ0) is 20.6. The quantitative estimate of drug-likeness (QED) is 0.642. The number of carbonyl (C=O) groups excluding carboxylic acids is 2. The van der Waals surface area contributed by atoms with Crippen LogP contribution in [0.5, 0.6) is 5.75 Å². The Hall–Kier alpha value is -2.83. The fraction of sp³-hybridized carbons (Fsp3) is 0.333. The van der Waals surface area contributed by atoms with E-state index in [0.29, 0.717) is 36.4 Å². The average Bonchev–Trinajstić information content (AvgIpc) is 2.67. The van der Waals surface area contributed by atoms with E-state index >= 15 is 0 Å². The lowest BCUT2D eigenvalue weighted by atomic mass is 10.1. The van der Waals surface area contributed by atoms with Crippen LogP contribution in [0.15, 0.2) is 48.5 Å². The molecule has 28 heavy (non-hydrogen) atoms. The van der Waals surface area contributed by atoms with E-state index in [0.717, 1.165) is 12.1 Å². The van der Waals surface area contributed by atoms with Gasteiger partial charge in [0.1, 0.15) is 5.75 Å². The van der Waals surface area contributed by atoms with Gasteiger partial charge < -0.3 is 10.1 Å². The Bertz CT molecular complexity index is 784. The summed E-state index contributed by atoms with van der Waals surface area (Å²) in [5.74, 6) is 0.271. The molecule has 0 unspecified atom stereocenters. The molecule has 0 aromatic heterocycles. The molecule has 2 rings (SSSR count). The second-order valence-corrected chi connectivity index (χ2v) is 6.18. The van der Waals surface area contributed by atoms with Crippen molar-refractivity contribution in [2.24, 2.45) is 0 Å². The van der Waals surface area contributed by atoms with Crippen molar-refractivity contribution >= 4 is 11.7 Å². The molecule has 0 heterocycles. The Morgan fingerprint density at radius 3 is 2.18 bits per heavy atom. The Labute approximate surface area is 161 Å². The number of carbonyl (C=O) groups is 2. The molecular weight excluding hydrogens is 371 g/mol. The summed E-state index contributed by atoms with van der Waals surface area (Å²) in [6.45, 7) is 2.70. The van der Waals surface area contributed by atoms with Gasteiger partial charge in [0.2, 0.25) is 5.91 Å². The molecule has 0 aliphatic rings. The molecular formula is C21H22F3NO3. The largest absolute Gasteiger partial charge is 0.494 e. The number of benzene rings is 2. The summed E-state index contributed by atoms with van der Waals surface area (Å²) in [6.07, 6.45) is -3.81. The van der Waals surface area contributed by atoms with Crippen LogP contribution in [0.3, 0.4) is 0 Å². The number of ether oxygens (including phenoxy) is 1. The molecule has 0 fully saturated rings. The van der Waals surface area contributed by atoms with Gasteiger partial charge in [0.25, 0.3) is 0 Å². The average molecular weight is 393 g/mol. The van der Waals surface area contributed by atoms with Gasteiger partial charge in [-0.2, -0.15) is 13.2 Å². The number of amides is 1. The van der Waals surface area contributed by atoms with Crippen molar-refractivity contribution in [3.63, 3.8) is 0 Å². The molecule has 4 nitrogen and oxygen atoms in total. The fourth-order valence-electron chi connectivity index (χ4n) is 2.57. The van der Waals surface area contributed by atoms with Crippen molar-refractivity contribution in [1.29, 1.82) is 0 Å². The number of ketones is 1. The molecule has 7 heteroatoms. The van der Waals surface area contributed by atoms with Crippen molar-refractivity contribution in [3.8, 4) is 5.75 Å². The Morgan fingerprint density at radius 1 is 0.964 bits per heavy atom. The van der Waals surface area contributed by atoms with E-state index in [1.54, 1.807) is 24.3 Å². The van der Waals surface area contributed by atoms with E-state index in [-0.39, 0.29) is 24.5 Å². The van der Waals surface area contributed by atoms with E-state index in [4.69, 9.17) is 4.74 Å². The van der Waals surface area contributed by atoms with Gasteiger partial charge in [-0.3, -0.25) is 9.59 Å². The third-order valence-electron chi connectivity index (χ3n) is 4.08. The molecule has 0 radical (unpaired) electrons. The van der Waals surface area contributed by atoms with E-state index in [2.05, 4.69) is 5.32 Å². The summed E-state index contributed by atoms with van der Waals surface area (Å²) in [6, 6.07) is 11.6. The van der Waals surface area contributed by atoms with Gasteiger partial charge in [-0.25, -0.2) is 0 Å². The van der Waals surface area contributed by atoms with Gasteiger partial charge >= 0.3 is 6.18 Å². The van der Waals surface area contributed by atoms with Gasteiger partial charge in [0.05, 0.1) is 12.2 Å². The maximum atomic E-state index is 12.5. The van der Waals surface area contributed by atoms with Gasteiger partial charge in [-0.15, -0.1) is 0 Å². The fourth-order valence-corrected chi connectivity index (χ4v) is 2.57. The van der Waals surface area contributed by atoms with Crippen LogP contribution < -0.4 is 10.1 Å². The maximum Gasteiger partial charge on any atom is 0.416 e. The first-order valence-electron chi connectivity index (χ1n) is 8.98. The van der Waals surface area contributed by atoms with E-state index in [9.17, 15) is 22.8 Å². The van der Waals surface area contributed by atoms with Crippen molar-refractivity contribution in [2.75, 3.05) is 13.2 Å². The normalized spacial score (nSPS) is 11.1. The first-order chi connectivity index (χ1) is 13.3. The molecule has 1 N–H and O–H groups in total. The minimum atomic E-state index is -4.36. The van der Waals surface area contributed by atoms with E-state index < -0.39 is 11.7 Å². The molecule has 0 spiro atoms. The van der Waals surface area contributed by atoms with Crippen LogP contribution in [0, 0.1) is 0 Å². The summed E-state index contributed by atoms with van der Waals surface area (Å²) in [7, 11) is 0. The zero-order valence-corrected chi connectivity index (χ0v) is 15.5. The maximum absolute atomic E-state index is 12.5. The van der Waals surface area contributed by atoms with Crippen molar-refractivity contribution in [3.05, 3.63) is 65.2 Å². The summed E-state index contributed by atoms with van der Waals surface area (Å²) < 4.78 is 42.9. The molecule has 2 aromatic carbocycles. The number of hydrogen-bond acceptors (Lipinski definition) is 3. The van der Waals surface area contributed by atoms with Crippen LogP contribution in [0.25, 0.3) is 0 Å². The smallest absolute Gasteiger partial charge is 0.416 e. The zero-order valence-electron chi connectivity index (χ0n) is 15.5. The first-order valence-corrected chi connectivity index (χ1v) is 8.98. The van der Waals surface area contributed by atoms with Crippen LogP contribution in [-0.2, 0) is 17.4 Å². The number of Topliss-reactive ketones (excluding diaryl/α,β-unsaturated/α-hetero) is 1. The Balaban J connectivity index is 1.71. The SMILES string of the molecule is CCOc1ccc(C(=O)CCC(=O)NCCc2ccc(C(F)(F)F)cc2)cc1. The minimum absolute atomic E-state index is 0.0546. The van der Waals surface area contributed by atoms with Gasteiger partial charge in [0.15, 0.2) is 5.78 Å². The molecule has 1 amide bonds. The molecule has 0 saturated carbocycles. The number of halogens is 3. The van der Waals surface area contributed by atoms with Crippen LogP contribution >= 0.6 is 0 Å². The topological polar surface area (TPSA) is 55.4 Å². The van der Waals surface area contributed by atoms with Crippen LogP contribution in [-0.4, -0.2) is 24.8 Å². The lowest BCUT2D eigenvalue weighted by Crippen LogP contribution is -2.26. The van der Waals surface area contributed by atoms with E-state index in [1.165, 1.54) is 12.1 Å². The molecule has 0 saturated heterocycles. The summed E-state index contributed by atoms with van der Waals surface area (Å²) in [5.41, 5.74) is 0.507. The minimum Gasteiger partial charge on any atom is -0.494 e. The lowest BCUT2D eigenvalue weighted by molar-refractivity contribution is -0.137. The van der Waals surface area contributed by atoms with Crippen molar-refractivity contribution < 1.29 is 27.5 Å². The predicted molar refractivity (Wildman–Crippen MR) is 99.3 cm³/mol. The third-order valence-corrected chi connectivity index (χ3v) is 4.08. The highest BCUT2D eigenvalue weighted by atomic mass is 19.4. The van der Waals surface area contributed by atoms with Crippen molar-refractivity contribution in [1.82, 2.24) is 5.32 Å². The molecule has 0 bridgehead atoms. The highest BCUT2D eigenvalue weighted by Crippen LogP contribution is 2.29. The van der Waals surface area contributed by atoms with Crippen molar-refractivity contribution in [2.45, 2.75) is 32.4 Å². The molecule has 150 valence electrons. The highest BCUT2D eigenvalue weighted by molar-refractivity contribution is 5.98. The predicted octanol–water partition coefficient (Wildman–Crippen LogP) is 4.43. The highest BCUT2D eigenvalue weighted by Gasteiger charge is 2.29. The van der Waals surface area contributed by atoms with Gasteiger partial charge in [0, 0.05) is 24.9 Å². The lowest BCUT2D eigenvalue weighted by Gasteiger charge is -2.08. The third kappa shape index (κ3) is 6.72. The molecule has 2 aromatic rings. The first kappa shape index (κ1) is 21.5. The number of nitrogens with one attached hydrogen (secondary N) is 1. The van der Waals surface area contributed by atoms with Gasteiger partial charge in [-0.1, -0.05) is 12.1 Å². The molecule has 0 aliphatic heterocycles. The Kier molecular flexibility index (Phi) is 7.61. The summed E-state index contributed by atoms with van der Waals surface area (Å²) in [4.78, 5) is 24.0.